The number of fused-ring (bicyclic) bond motifs is 1. The highest BCUT2D eigenvalue weighted by atomic mass is 16.6. The first-order valence-corrected chi connectivity index (χ1v) is 8.42. The molecular weight excluding hydrogens is 302 g/mol. The summed E-state index contributed by atoms with van der Waals surface area (Å²) in [5.74, 6) is 1.94. The van der Waals surface area contributed by atoms with E-state index in [4.69, 9.17) is 9.47 Å². The zero-order chi connectivity index (χ0) is 16.8. The first-order valence-electron chi connectivity index (χ1n) is 8.42. The molecular formula is C20H23NO3. The first kappa shape index (κ1) is 16.4. The van der Waals surface area contributed by atoms with E-state index in [-0.39, 0.29) is 5.91 Å². The Kier molecular flexibility index (Phi) is 5.36. The standard InChI is InChI=1S/C20H23NO3/c1-15(17-5-3-2-4-6-17)9-10-21-20(22)14-16-7-8-18-19(13-16)24-12-11-23-18/h2-8,13,15H,9-12,14H2,1H3,(H,21,22). The zero-order valence-electron chi connectivity index (χ0n) is 14.0. The third kappa shape index (κ3) is 4.28. The van der Waals surface area contributed by atoms with Crippen LogP contribution < -0.4 is 14.8 Å². The lowest BCUT2D eigenvalue weighted by Gasteiger charge is -2.18. The number of hydrogen-bond donors (Lipinski definition) is 1. The third-order valence-electron chi connectivity index (χ3n) is 4.24. The molecule has 1 amide bonds. The molecule has 2 aromatic rings. The first-order chi connectivity index (χ1) is 11.7. The normalized spacial score (nSPS) is 14.0. The molecule has 4 heteroatoms. The second-order valence-electron chi connectivity index (χ2n) is 6.11. The Morgan fingerprint density at radius 3 is 2.62 bits per heavy atom. The van der Waals surface area contributed by atoms with Gasteiger partial charge in [0, 0.05) is 6.54 Å². The van der Waals surface area contributed by atoms with Crippen LogP contribution >= 0.6 is 0 Å². The second kappa shape index (κ2) is 7.86. The van der Waals surface area contributed by atoms with Gasteiger partial charge < -0.3 is 14.8 Å². The Hall–Kier alpha value is -2.49. The molecule has 2 aromatic carbocycles. The molecule has 0 fully saturated rings. The second-order valence-corrected chi connectivity index (χ2v) is 6.11. The van der Waals surface area contributed by atoms with Crippen molar-refractivity contribution in [2.45, 2.75) is 25.7 Å². The highest BCUT2D eigenvalue weighted by molar-refractivity contribution is 5.78. The summed E-state index contributed by atoms with van der Waals surface area (Å²) in [6, 6.07) is 16.0. The van der Waals surface area contributed by atoms with Gasteiger partial charge in [0.25, 0.3) is 0 Å². The van der Waals surface area contributed by atoms with Gasteiger partial charge in [-0.2, -0.15) is 0 Å². The number of carbonyl (C=O) groups excluding carboxylic acids is 1. The molecule has 1 atom stereocenters. The number of hydrogen-bond acceptors (Lipinski definition) is 3. The molecule has 0 radical (unpaired) electrons. The van der Waals surface area contributed by atoms with E-state index in [1.165, 1.54) is 5.56 Å². The Morgan fingerprint density at radius 1 is 1.08 bits per heavy atom. The van der Waals surface area contributed by atoms with E-state index >= 15 is 0 Å². The van der Waals surface area contributed by atoms with Gasteiger partial charge in [-0.25, -0.2) is 0 Å². The van der Waals surface area contributed by atoms with Gasteiger partial charge in [-0.1, -0.05) is 43.3 Å². The SMILES string of the molecule is CC(CCNC(=O)Cc1ccc2c(c1)OCCO2)c1ccccc1. The van der Waals surface area contributed by atoms with E-state index in [2.05, 4.69) is 24.4 Å². The van der Waals surface area contributed by atoms with Crippen molar-refractivity contribution in [3.8, 4) is 11.5 Å². The number of ether oxygens (including phenoxy) is 2. The largest absolute Gasteiger partial charge is 0.486 e. The average molecular weight is 325 g/mol. The summed E-state index contributed by atoms with van der Waals surface area (Å²) in [6.07, 6.45) is 1.28. The number of carbonyl (C=O) groups is 1. The van der Waals surface area contributed by atoms with E-state index in [0.717, 1.165) is 23.5 Å². The van der Waals surface area contributed by atoms with Gasteiger partial charge in [0.1, 0.15) is 13.2 Å². The van der Waals surface area contributed by atoms with Crippen LogP contribution in [-0.4, -0.2) is 25.7 Å². The lowest BCUT2D eigenvalue weighted by molar-refractivity contribution is -0.120. The molecule has 1 aliphatic heterocycles. The molecule has 0 aromatic heterocycles. The van der Waals surface area contributed by atoms with Crippen molar-refractivity contribution in [1.82, 2.24) is 5.32 Å². The van der Waals surface area contributed by atoms with E-state index < -0.39 is 0 Å². The smallest absolute Gasteiger partial charge is 0.224 e. The summed E-state index contributed by atoms with van der Waals surface area (Å²) in [5.41, 5.74) is 2.24. The number of rotatable bonds is 6. The van der Waals surface area contributed by atoms with Crippen LogP contribution in [0.15, 0.2) is 48.5 Å². The Labute approximate surface area is 142 Å². The molecule has 4 nitrogen and oxygen atoms in total. The molecule has 0 saturated carbocycles. The van der Waals surface area contributed by atoms with Crippen LogP contribution in [0.5, 0.6) is 11.5 Å². The fourth-order valence-corrected chi connectivity index (χ4v) is 2.82. The van der Waals surface area contributed by atoms with Crippen LogP contribution in [0.3, 0.4) is 0 Å². The Balaban J connectivity index is 1.46. The maximum absolute atomic E-state index is 12.1. The Bertz CT molecular complexity index is 685. The van der Waals surface area contributed by atoms with Gasteiger partial charge in [0.05, 0.1) is 6.42 Å². The minimum Gasteiger partial charge on any atom is -0.486 e. The van der Waals surface area contributed by atoms with Crippen molar-refractivity contribution in [1.29, 1.82) is 0 Å². The van der Waals surface area contributed by atoms with Crippen molar-refractivity contribution in [3.05, 3.63) is 59.7 Å². The van der Waals surface area contributed by atoms with Gasteiger partial charge in [0.15, 0.2) is 11.5 Å². The summed E-state index contributed by atoms with van der Waals surface area (Å²) in [7, 11) is 0. The van der Waals surface area contributed by atoms with Crippen LogP contribution in [0, 0.1) is 0 Å². The fraction of sp³-hybridized carbons (Fsp3) is 0.350. The molecule has 0 bridgehead atoms. The van der Waals surface area contributed by atoms with Gasteiger partial charge in [-0.15, -0.1) is 0 Å². The topological polar surface area (TPSA) is 47.6 Å². The van der Waals surface area contributed by atoms with Crippen LogP contribution in [0.25, 0.3) is 0 Å². The predicted octanol–water partition coefficient (Wildman–Crippen LogP) is 3.31. The van der Waals surface area contributed by atoms with Gasteiger partial charge in [0.2, 0.25) is 5.91 Å². The molecule has 24 heavy (non-hydrogen) atoms. The minimum atomic E-state index is 0.0342. The van der Waals surface area contributed by atoms with Crippen LogP contribution in [-0.2, 0) is 11.2 Å². The van der Waals surface area contributed by atoms with Gasteiger partial charge in [-0.3, -0.25) is 4.79 Å². The van der Waals surface area contributed by atoms with Crippen LogP contribution in [0.2, 0.25) is 0 Å². The molecule has 126 valence electrons. The van der Waals surface area contributed by atoms with Crippen molar-refractivity contribution in [2.75, 3.05) is 19.8 Å². The van der Waals surface area contributed by atoms with E-state index in [0.29, 0.717) is 32.1 Å². The summed E-state index contributed by atoms with van der Waals surface area (Å²) in [4.78, 5) is 12.1. The maximum atomic E-state index is 12.1. The summed E-state index contributed by atoms with van der Waals surface area (Å²) in [5, 5.41) is 3.00. The molecule has 0 saturated heterocycles. The maximum Gasteiger partial charge on any atom is 0.224 e. The third-order valence-corrected chi connectivity index (χ3v) is 4.24. The summed E-state index contributed by atoms with van der Waals surface area (Å²) in [6.45, 7) is 3.99. The fourth-order valence-electron chi connectivity index (χ4n) is 2.82. The average Bonchev–Trinajstić information content (AvgIpc) is 2.62. The number of amides is 1. The lowest BCUT2D eigenvalue weighted by Crippen LogP contribution is -2.27. The monoisotopic (exact) mass is 325 g/mol. The predicted molar refractivity (Wildman–Crippen MR) is 93.6 cm³/mol. The molecule has 3 rings (SSSR count). The highest BCUT2D eigenvalue weighted by Crippen LogP contribution is 2.30. The van der Waals surface area contributed by atoms with Gasteiger partial charge in [-0.05, 0) is 35.6 Å². The lowest BCUT2D eigenvalue weighted by atomic mass is 9.98. The molecule has 0 aliphatic carbocycles. The quantitative estimate of drug-likeness (QED) is 0.886. The molecule has 1 aliphatic rings. The Morgan fingerprint density at radius 2 is 1.83 bits per heavy atom. The molecule has 0 spiro atoms. The van der Waals surface area contributed by atoms with Crippen molar-refractivity contribution < 1.29 is 14.3 Å². The van der Waals surface area contributed by atoms with Crippen molar-refractivity contribution >= 4 is 5.91 Å². The van der Waals surface area contributed by atoms with E-state index in [9.17, 15) is 4.79 Å². The number of nitrogens with one attached hydrogen (secondary N) is 1. The van der Waals surface area contributed by atoms with Crippen LogP contribution in [0.1, 0.15) is 30.4 Å². The summed E-state index contributed by atoms with van der Waals surface area (Å²) < 4.78 is 11.0. The van der Waals surface area contributed by atoms with Crippen molar-refractivity contribution in [2.24, 2.45) is 0 Å². The van der Waals surface area contributed by atoms with Crippen LogP contribution in [0.4, 0.5) is 0 Å². The zero-order valence-corrected chi connectivity index (χ0v) is 14.0. The van der Waals surface area contributed by atoms with E-state index in [1.54, 1.807) is 0 Å². The van der Waals surface area contributed by atoms with Gasteiger partial charge >= 0.3 is 0 Å². The molecule has 1 N–H and O–H groups in total. The number of benzene rings is 2. The highest BCUT2D eigenvalue weighted by Gasteiger charge is 2.13. The molecule has 1 unspecified atom stereocenters. The van der Waals surface area contributed by atoms with E-state index in [1.807, 2.05) is 36.4 Å². The summed E-state index contributed by atoms with van der Waals surface area (Å²) >= 11 is 0. The van der Waals surface area contributed by atoms with Crippen molar-refractivity contribution in [3.63, 3.8) is 0 Å². The minimum absolute atomic E-state index is 0.0342. The molecule has 1 heterocycles.